The molecule has 7 heteroatoms. The molecule has 1 saturated heterocycles. The highest BCUT2D eigenvalue weighted by molar-refractivity contribution is 14.0. The van der Waals surface area contributed by atoms with Crippen molar-refractivity contribution < 1.29 is 4.79 Å². The number of rotatable bonds is 6. The number of piperidine rings is 1. The molecule has 1 amide bonds. The largest absolute Gasteiger partial charge is 0.370 e. The Balaban J connectivity index is 0.00000280. The van der Waals surface area contributed by atoms with Crippen LogP contribution in [0.25, 0.3) is 0 Å². The third kappa shape index (κ3) is 5.75. The molecule has 2 aliphatic rings. The van der Waals surface area contributed by atoms with Gasteiger partial charge in [0.15, 0.2) is 5.96 Å². The van der Waals surface area contributed by atoms with E-state index in [1.807, 2.05) is 0 Å². The average Bonchev–Trinajstić information content (AvgIpc) is 3.09. The minimum Gasteiger partial charge on any atom is -0.370 e. The summed E-state index contributed by atoms with van der Waals surface area (Å²) in [6, 6.07) is 9.03. The van der Waals surface area contributed by atoms with Crippen molar-refractivity contribution in [2.45, 2.75) is 45.6 Å². The van der Waals surface area contributed by atoms with Gasteiger partial charge in [-0.05, 0) is 50.7 Å². The number of nitrogens with two attached hydrogens (primary N) is 1. The van der Waals surface area contributed by atoms with Gasteiger partial charge in [-0.3, -0.25) is 9.79 Å². The number of carbonyl (C=O) groups is 1. The lowest BCUT2D eigenvalue weighted by Crippen LogP contribution is -2.47. The van der Waals surface area contributed by atoms with Crippen LogP contribution in [0.15, 0.2) is 29.3 Å². The summed E-state index contributed by atoms with van der Waals surface area (Å²) in [5, 5.41) is 3.43. The Labute approximate surface area is 186 Å². The summed E-state index contributed by atoms with van der Waals surface area (Å²) in [5.41, 5.74) is 8.19. The zero-order valence-corrected chi connectivity index (χ0v) is 19.4. The van der Waals surface area contributed by atoms with E-state index in [1.165, 1.54) is 11.3 Å². The normalized spacial score (nSPS) is 20.4. The summed E-state index contributed by atoms with van der Waals surface area (Å²) < 4.78 is 0. The van der Waals surface area contributed by atoms with Crippen LogP contribution < -0.4 is 16.0 Å². The van der Waals surface area contributed by atoms with E-state index in [0.717, 1.165) is 57.9 Å². The van der Waals surface area contributed by atoms with Crippen LogP contribution in [-0.2, 0) is 11.2 Å². The van der Waals surface area contributed by atoms with Gasteiger partial charge in [0.05, 0.1) is 6.54 Å². The van der Waals surface area contributed by atoms with Crippen LogP contribution in [0.2, 0.25) is 0 Å². The van der Waals surface area contributed by atoms with E-state index in [2.05, 4.69) is 53.2 Å². The van der Waals surface area contributed by atoms with Crippen LogP contribution in [0, 0.1) is 5.92 Å². The molecule has 0 spiro atoms. The van der Waals surface area contributed by atoms with Gasteiger partial charge in [-0.25, -0.2) is 0 Å². The van der Waals surface area contributed by atoms with Crippen LogP contribution in [-0.4, -0.2) is 55.5 Å². The molecule has 156 valence electrons. The second-order valence-corrected chi connectivity index (χ2v) is 7.74. The number of halogens is 1. The number of aliphatic imine (C=N–C) groups is 1. The minimum atomic E-state index is -0.204. The first-order valence-electron chi connectivity index (χ1n) is 10.2. The van der Waals surface area contributed by atoms with Crippen LogP contribution >= 0.6 is 24.0 Å². The van der Waals surface area contributed by atoms with Crippen molar-refractivity contribution in [3.05, 3.63) is 29.8 Å². The molecule has 6 nitrogen and oxygen atoms in total. The summed E-state index contributed by atoms with van der Waals surface area (Å²) >= 11 is 0. The molecule has 3 N–H and O–H groups in total. The Hall–Kier alpha value is -1.51. The third-order valence-corrected chi connectivity index (χ3v) is 5.60. The van der Waals surface area contributed by atoms with E-state index in [4.69, 9.17) is 10.7 Å². The van der Waals surface area contributed by atoms with Gasteiger partial charge in [0.25, 0.3) is 0 Å². The van der Waals surface area contributed by atoms with Crippen LogP contribution in [0.4, 0.5) is 5.69 Å². The van der Waals surface area contributed by atoms with Crippen LogP contribution in [0.3, 0.4) is 0 Å². The first kappa shape index (κ1) is 22.8. The Bertz CT molecular complexity index is 681. The van der Waals surface area contributed by atoms with Gasteiger partial charge in [0.2, 0.25) is 5.91 Å². The summed E-state index contributed by atoms with van der Waals surface area (Å²) in [7, 11) is 0. The maximum absolute atomic E-state index is 11.3. The van der Waals surface area contributed by atoms with Gasteiger partial charge in [0, 0.05) is 44.3 Å². The Kier molecular flexibility index (Phi) is 8.85. The zero-order valence-electron chi connectivity index (χ0n) is 17.1. The number of benzene rings is 1. The molecule has 3 rings (SSSR count). The molecule has 2 heterocycles. The Morgan fingerprint density at radius 3 is 2.89 bits per heavy atom. The maximum Gasteiger partial charge on any atom is 0.217 e. The summed E-state index contributed by atoms with van der Waals surface area (Å²) in [6.07, 6.45) is 3.74. The van der Waals surface area contributed by atoms with Gasteiger partial charge in [0.1, 0.15) is 0 Å². The number of anilines is 1. The van der Waals surface area contributed by atoms with Gasteiger partial charge < -0.3 is 20.9 Å². The second kappa shape index (κ2) is 10.9. The number of primary amides is 1. The maximum atomic E-state index is 11.3. The van der Waals surface area contributed by atoms with Crippen molar-refractivity contribution in [2.24, 2.45) is 16.6 Å². The predicted octanol–water partition coefficient (Wildman–Crippen LogP) is 2.61. The lowest BCUT2D eigenvalue weighted by molar-refractivity contribution is -0.119. The molecule has 0 radical (unpaired) electrons. The minimum absolute atomic E-state index is 0. The van der Waals surface area contributed by atoms with Crippen molar-refractivity contribution in [1.29, 1.82) is 0 Å². The first-order chi connectivity index (χ1) is 13.1. The topological polar surface area (TPSA) is 74.0 Å². The average molecular weight is 499 g/mol. The fourth-order valence-electron chi connectivity index (χ4n) is 4.27. The molecule has 1 aromatic carbocycles. The van der Waals surface area contributed by atoms with Gasteiger partial charge in [-0.2, -0.15) is 0 Å². The molecule has 1 aromatic rings. The predicted molar refractivity (Wildman–Crippen MR) is 126 cm³/mol. The standard InChI is InChI=1S/C21H33N5O.HI/c1-3-23-21(25-11-6-7-17(15-25)13-20(22)27)24-14-16(2)26-12-10-18-8-4-5-9-19(18)26;/h4-5,8-9,16-17H,3,6-7,10-15H2,1-2H3,(H2,22,27)(H,23,24);1H. The van der Waals surface area contributed by atoms with E-state index in [9.17, 15) is 4.79 Å². The number of amides is 1. The molecule has 0 aliphatic carbocycles. The molecule has 2 atom stereocenters. The van der Waals surface area contributed by atoms with E-state index in [1.54, 1.807) is 0 Å². The molecule has 2 aliphatic heterocycles. The van der Waals surface area contributed by atoms with Crippen molar-refractivity contribution in [3.8, 4) is 0 Å². The molecule has 0 bridgehead atoms. The smallest absolute Gasteiger partial charge is 0.217 e. The number of nitrogens with zero attached hydrogens (tertiary/aromatic N) is 3. The van der Waals surface area contributed by atoms with E-state index in [0.29, 0.717) is 18.4 Å². The Morgan fingerprint density at radius 1 is 1.36 bits per heavy atom. The monoisotopic (exact) mass is 499 g/mol. The molecule has 28 heavy (non-hydrogen) atoms. The van der Waals surface area contributed by atoms with Gasteiger partial charge in [-0.15, -0.1) is 24.0 Å². The fourth-order valence-corrected chi connectivity index (χ4v) is 4.27. The van der Waals surface area contributed by atoms with Crippen molar-refractivity contribution in [1.82, 2.24) is 10.2 Å². The third-order valence-electron chi connectivity index (χ3n) is 5.60. The van der Waals surface area contributed by atoms with Crippen molar-refractivity contribution in [3.63, 3.8) is 0 Å². The number of guanidine groups is 1. The number of hydrogen-bond acceptors (Lipinski definition) is 3. The highest BCUT2D eigenvalue weighted by Gasteiger charge is 2.25. The van der Waals surface area contributed by atoms with E-state index >= 15 is 0 Å². The quantitative estimate of drug-likeness (QED) is 0.359. The van der Waals surface area contributed by atoms with Crippen molar-refractivity contribution in [2.75, 3.05) is 37.6 Å². The highest BCUT2D eigenvalue weighted by Crippen LogP contribution is 2.29. The molecule has 0 aromatic heterocycles. The lowest BCUT2D eigenvalue weighted by Gasteiger charge is -2.35. The first-order valence-corrected chi connectivity index (χ1v) is 10.2. The molecular weight excluding hydrogens is 465 g/mol. The Morgan fingerprint density at radius 2 is 2.14 bits per heavy atom. The molecular formula is C21H34IN5O. The second-order valence-electron chi connectivity index (χ2n) is 7.74. The highest BCUT2D eigenvalue weighted by atomic mass is 127. The number of hydrogen-bond donors (Lipinski definition) is 2. The van der Waals surface area contributed by atoms with E-state index in [-0.39, 0.29) is 29.9 Å². The summed E-state index contributed by atoms with van der Waals surface area (Å²) in [4.78, 5) is 21.0. The number of fused-ring (bicyclic) bond motifs is 1. The number of carbonyl (C=O) groups excluding carboxylic acids is 1. The summed E-state index contributed by atoms with van der Waals surface area (Å²) in [6.45, 7) is 8.86. The lowest BCUT2D eigenvalue weighted by atomic mass is 9.95. The summed E-state index contributed by atoms with van der Waals surface area (Å²) in [5.74, 6) is 1.10. The van der Waals surface area contributed by atoms with Crippen molar-refractivity contribution >= 4 is 41.5 Å². The van der Waals surface area contributed by atoms with Crippen LogP contribution in [0.1, 0.15) is 38.7 Å². The number of nitrogens with one attached hydrogen (secondary N) is 1. The molecule has 1 fully saturated rings. The number of para-hydroxylation sites is 1. The van der Waals surface area contributed by atoms with Gasteiger partial charge in [-0.1, -0.05) is 18.2 Å². The SMILES string of the molecule is CCNC(=NCC(C)N1CCc2ccccc21)N1CCCC(CC(N)=O)C1.I. The van der Waals surface area contributed by atoms with E-state index < -0.39 is 0 Å². The fraction of sp³-hybridized carbons (Fsp3) is 0.619. The van der Waals surface area contributed by atoms with Crippen LogP contribution in [0.5, 0.6) is 0 Å². The zero-order chi connectivity index (χ0) is 19.2. The molecule has 2 unspecified atom stereocenters. The number of likely N-dealkylation sites (tertiary alicyclic amines) is 1. The molecule has 0 saturated carbocycles. The van der Waals surface area contributed by atoms with Gasteiger partial charge >= 0.3 is 0 Å².